The lowest BCUT2D eigenvalue weighted by atomic mass is 10.1. The van der Waals surface area contributed by atoms with Crippen LogP contribution in [0.3, 0.4) is 0 Å². The number of hydrogen-bond acceptors (Lipinski definition) is 7. The van der Waals surface area contributed by atoms with Gasteiger partial charge < -0.3 is 15.0 Å². The first-order chi connectivity index (χ1) is 15.6. The van der Waals surface area contributed by atoms with E-state index in [9.17, 15) is 14.9 Å². The first kappa shape index (κ1) is 21.5. The zero-order chi connectivity index (χ0) is 22.5. The van der Waals surface area contributed by atoms with E-state index in [1.54, 1.807) is 7.11 Å². The number of aromatic nitrogens is 4. The van der Waals surface area contributed by atoms with E-state index >= 15 is 0 Å². The fraction of sp³-hybridized carbons (Fsp3) is 0.190. The molecular weight excluding hydrogens is 432 g/mol. The van der Waals surface area contributed by atoms with Gasteiger partial charge in [-0.1, -0.05) is 30.0 Å². The molecule has 2 N–H and O–H groups in total. The third-order valence-corrected chi connectivity index (χ3v) is 5.73. The third-order valence-electron chi connectivity index (χ3n) is 4.76. The number of rotatable bonds is 9. The van der Waals surface area contributed by atoms with Crippen LogP contribution in [0.25, 0.3) is 22.3 Å². The van der Waals surface area contributed by atoms with Crippen LogP contribution in [0.15, 0.2) is 59.9 Å². The quantitative estimate of drug-likeness (QED) is 0.225. The number of ether oxygens (including phenoxy) is 1. The number of nitrogens with zero attached hydrogens (tertiary/aromatic N) is 4. The molecule has 0 atom stereocenters. The molecule has 0 spiro atoms. The topological polar surface area (TPSA) is 128 Å². The van der Waals surface area contributed by atoms with E-state index in [1.165, 1.54) is 36.0 Å². The highest BCUT2D eigenvalue weighted by Gasteiger charge is 2.18. The number of H-pyrrole nitrogens is 1. The average molecular weight is 452 g/mol. The van der Waals surface area contributed by atoms with Crippen molar-refractivity contribution in [1.82, 2.24) is 19.7 Å². The van der Waals surface area contributed by atoms with Gasteiger partial charge >= 0.3 is 0 Å². The molecule has 1 amide bonds. The van der Waals surface area contributed by atoms with E-state index < -0.39 is 4.92 Å². The molecule has 0 aliphatic heterocycles. The summed E-state index contributed by atoms with van der Waals surface area (Å²) in [6, 6.07) is 13.6. The zero-order valence-electron chi connectivity index (χ0n) is 17.1. The Hall–Kier alpha value is -3.70. The predicted octanol–water partition coefficient (Wildman–Crippen LogP) is 3.71. The van der Waals surface area contributed by atoms with E-state index in [2.05, 4.69) is 20.5 Å². The molecule has 32 heavy (non-hydrogen) atoms. The molecule has 0 aliphatic carbocycles. The zero-order valence-corrected chi connectivity index (χ0v) is 18.0. The van der Waals surface area contributed by atoms with Crippen LogP contribution in [0, 0.1) is 10.1 Å². The van der Waals surface area contributed by atoms with Gasteiger partial charge in [0.2, 0.25) is 5.91 Å². The Kier molecular flexibility index (Phi) is 6.47. The number of nitro groups is 1. The molecule has 0 saturated heterocycles. The Balaban J connectivity index is 1.49. The number of nitrogens with one attached hydrogen (secondary N) is 2. The van der Waals surface area contributed by atoms with Crippen molar-refractivity contribution in [2.75, 3.05) is 24.8 Å². The molecule has 2 aromatic heterocycles. The molecule has 11 heteroatoms. The molecule has 2 aromatic carbocycles. The van der Waals surface area contributed by atoms with Crippen molar-refractivity contribution in [2.45, 2.75) is 11.7 Å². The van der Waals surface area contributed by atoms with Crippen LogP contribution in [0.5, 0.6) is 0 Å². The molecular formula is C21H20N6O4S. The first-order valence-corrected chi connectivity index (χ1v) is 10.7. The summed E-state index contributed by atoms with van der Waals surface area (Å²) in [5.74, 6) is 0.548. The lowest BCUT2D eigenvalue weighted by molar-refractivity contribution is -0.384. The predicted molar refractivity (Wildman–Crippen MR) is 122 cm³/mol. The van der Waals surface area contributed by atoms with Gasteiger partial charge in [-0.25, -0.2) is 0 Å². The van der Waals surface area contributed by atoms with Gasteiger partial charge in [0.15, 0.2) is 11.0 Å². The van der Waals surface area contributed by atoms with Crippen molar-refractivity contribution in [3.63, 3.8) is 0 Å². The Morgan fingerprint density at radius 3 is 2.75 bits per heavy atom. The minimum atomic E-state index is -0.487. The summed E-state index contributed by atoms with van der Waals surface area (Å²) < 4.78 is 7.17. The van der Waals surface area contributed by atoms with Gasteiger partial charge in [-0.15, -0.1) is 10.2 Å². The van der Waals surface area contributed by atoms with Crippen molar-refractivity contribution in [3.05, 3.63) is 64.8 Å². The van der Waals surface area contributed by atoms with Crippen LogP contribution in [0.1, 0.15) is 0 Å². The molecule has 0 radical (unpaired) electrons. The number of thioether (sulfide) groups is 1. The number of methoxy groups -OCH3 is 1. The van der Waals surface area contributed by atoms with Gasteiger partial charge in [-0.3, -0.25) is 19.5 Å². The van der Waals surface area contributed by atoms with E-state index in [1.807, 2.05) is 35.0 Å². The number of nitro benzene ring substituents is 1. The molecule has 2 heterocycles. The standard InChI is InChI=1S/C21H20N6O4S/c1-31-11-10-26-20(17-12-22-18-5-3-2-4-16(17)18)24-25-21(26)32-13-19(28)23-14-6-8-15(9-7-14)27(29)30/h2-9,12,22H,10-11,13H2,1H3,(H,23,28). The number of carbonyl (C=O) groups is 1. The van der Waals surface area contributed by atoms with Gasteiger partial charge in [0.25, 0.3) is 5.69 Å². The Morgan fingerprint density at radius 2 is 2.00 bits per heavy atom. The molecule has 0 saturated carbocycles. The molecule has 4 rings (SSSR count). The maximum atomic E-state index is 12.4. The van der Waals surface area contributed by atoms with Gasteiger partial charge in [0.05, 0.1) is 23.8 Å². The monoisotopic (exact) mass is 452 g/mol. The minimum Gasteiger partial charge on any atom is -0.383 e. The molecule has 164 valence electrons. The molecule has 10 nitrogen and oxygen atoms in total. The smallest absolute Gasteiger partial charge is 0.269 e. The van der Waals surface area contributed by atoms with Crippen molar-refractivity contribution < 1.29 is 14.5 Å². The van der Waals surface area contributed by atoms with Crippen molar-refractivity contribution >= 4 is 39.9 Å². The fourth-order valence-electron chi connectivity index (χ4n) is 3.23. The van der Waals surface area contributed by atoms with E-state index in [0.717, 1.165) is 16.5 Å². The van der Waals surface area contributed by atoms with Gasteiger partial charge in [-0.2, -0.15) is 0 Å². The largest absolute Gasteiger partial charge is 0.383 e. The third kappa shape index (κ3) is 4.63. The molecule has 0 bridgehead atoms. The van der Waals surface area contributed by atoms with Crippen LogP contribution in [0.4, 0.5) is 11.4 Å². The van der Waals surface area contributed by atoms with Crippen LogP contribution in [-0.2, 0) is 16.1 Å². The van der Waals surface area contributed by atoms with Gasteiger partial charge in [0, 0.05) is 47.6 Å². The highest BCUT2D eigenvalue weighted by Crippen LogP contribution is 2.30. The summed E-state index contributed by atoms with van der Waals surface area (Å²) >= 11 is 1.26. The maximum Gasteiger partial charge on any atom is 0.269 e. The summed E-state index contributed by atoms with van der Waals surface area (Å²) in [5, 5.41) is 23.8. The summed E-state index contributed by atoms with van der Waals surface area (Å²) in [7, 11) is 1.63. The van der Waals surface area contributed by atoms with Crippen LogP contribution in [-0.4, -0.2) is 50.0 Å². The van der Waals surface area contributed by atoms with Gasteiger partial charge in [0.1, 0.15) is 0 Å². The molecule has 0 aliphatic rings. The normalized spacial score (nSPS) is 11.0. The number of hydrogen-bond donors (Lipinski definition) is 2. The summed E-state index contributed by atoms with van der Waals surface area (Å²) in [6.45, 7) is 1.00. The number of aromatic amines is 1. The van der Waals surface area contributed by atoms with Crippen molar-refractivity contribution in [2.24, 2.45) is 0 Å². The highest BCUT2D eigenvalue weighted by molar-refractivity contribution is 7.99. The number of amides is 1. The minimum absolute atomic E-state index is 0.0339. The fourth-order valence-corrected chi connectivity index (χ4v) is 3.99. The second kappa shape index (κ2) is 9.62. The lowest BCUT2D eigenvalue weighted by Crippen LogP contribution is -2.15. The average Bonchev–Trinajstić information content (AvgIpc) is 3.40. The van der Waals surface area contributed by atoms with Crippen LogP contribution >= 0.6 is 11.8 Å². The van der Waals surface area contributed by atoms with Crippen LogP contribution < -0.4 is 5.32 Å². The number of benzene rings is 2. The second-order valence-electron chi connectivity index (χ2n) is 6.84. The number of fused-ring (bicyclic) bond motifs is 1. The van der Waals surface area contributed by atoms with E-state index in [0.29, 0.717) is 29.8 Å². The summed E-state index contributed by atoms with van der Waals surface area (Å²) in [6.07, 6.45) is 1.90. The Bertz CT molecular complexity index is 1250. The number of non-ortho nitro benzene ring substituents is 1. The summed E-state index contributed by atoms with van der Waals surface area (Å²) in [4.78, 5) is 25.9. The molecule has 0 fully saturated rings. The number of para-hydroxylation sites is 1. The van der Waals surface area contributed by atoms with E-state index in [4.69, 9.17) is 4.74 Å². The number of carbonyl (C=O) groups excluding carboxylic acids is 1. The number of anilines is 1. The van der Waals surface area contributed by atoms with E-state index in [-0.39, 0.29) is 17.3 Å². The van der Waals surface area contributed by atoms with Crippen molar-refractivity contribution in [1.29, 1.82) is 0 Å². The Labute approximate surface area is 187 Å². The highest BCUT2D eigenvalue weighted by atomic mass is 32.2. The van der Waals surface area contributed by atoms with Crippen molar-refractivity contribution in [3.8, 4) is 11.4 Å². The SMILES string of the molecule is COCCn1c(SCC(=O)Nc2ccc([N+](=O)[O-])cc2)nnc1-c1c[nH]c2ccccc12. The maximum absolute atomic E-state index is 12.4. The van der Waals surface area contributed by atoms with Gasteiger partial charge in [-0.05, 0) is 18.2 Å². The first-order valence-electron chi connectivity index (χ1n) is 9.72. The second-order valence-corrected chi connectivity index (χ2v) is 7.78. The molecule has 0 unspecified atom stereocenters. The summed E-state index contributed by atoms with van der Waals surface area (Å²) in [5.41, 5.74) is 2.38. The Morgan fingerprint density at radius 1 is 1.22 bits per heavy atom. The lowest BCUT2D eigenvalue weighted by Gasteiger charge is -2.09. The molecule has 4 aromatic rings. The van der Waals surface area contributed by atoms with Crippen LogP contribution in [0.2, 0.25) is 0 Å².